The minimum atomic E-state index is 0.827. The molecule has 1 aromatic heterocycles. The zero-order valence-electron chi connectivity index (χ0n) is 10.6. The van der Waals surface area contributed by atoms with Crippen LogP contribution in [-0.2, 0) is 0 Å². The first-order valence-corrected chi connectivity index (χ1v) is 7.04. The van der Waals surface area contributed by atoms with E-state index >= 15 is 0 Å². The second kappa shape index (κ2) is 4.79. The molecule has 0 aliphatic rings. The summed E-state index contributed by atoms with van der Waals surface area (Å²) in [5.41, 5.74) is 0. The highest BCUT2D eigenvalue weighted by Crippen LogP contribution is 2.34. The van der Waals surface area contributed by atoms with Crippen LogP contribution in [0.15, 0.2) is 36.4 Å². The molecular formula is C15H12O2S2. The van der Waals surface area contributed by atoms with Gasteiger partial charge in [0.1, 0.15) is 11.5 Å². The summed E-state index contributed by atoms with van der Waals surface area (Å²) in [6.07, 6.45) is 0. The first kappa shape index (κ1) is 12.4. The largest absolute Gasteiger partial charge is 0.497 e. The van der Waals surface area contributed by atoms with Crippen molar-refractivity contribution in [3.8, 4) is 11.5 Å². The summed E-state index contributed by atoms with van der Waals surface area (Å²) < 4.78 is 13.7. The minimum Gasteiger partial charge on any atom is -0.497 e. The Labute approximate surface area is 120 Å². The maximum Gasteiger partial charge on any atom is 0.119 e. The molecule has 3 rings (SSSR count). The average Bonchev–Trinajstić information content (AvgIpc) is 2.47. The average molecular weight is 288 g/mol. The fraction of sp³-hybridized carbons (Fsp3) is 0.133. The van der Waals surface area contributed by atoms with Crippen molar-refractivity contribution in [2.24, 2.45) is 0 Å². The Bertz CT molecular complexity index is 756. The van der Waals surface area contributed by atoms with Gasteiger partial charge in [-0.3, -0.25) is 0 Å². The van der Waals surface area contributed by atoms with Crippen LogP contribution in [0.2, 0.25) is 0 Å². The second-order valence-corrected chi connectivity index (χ2v) is 5.65. The molecule has 0 saturated carbocycles. The van der Waals surface area contributed by atoms with Crippen LogP contribution in [0.3, 0.4) is 0 Å². The predicted molar refractivity (Wildman–Crippen MR) is 83.3 cm³/mol. The summed E-state index contributed by atoms with van der Waals surface area (Å²) >= 11 is 7.33. The number of rotatable bonds is 2. The number of ether oxygens (including phenoxy) is 2. The Morgan fingerprint density at radius 2 is 1.32 bits per heavy atom. The molecule has 0 radical (unpaired) electrons. The molecule has 2 aromatic carbocycles. The van der Waals surface area contributed by atoms with Gasteiger partial charge < -0.3 is 9.47 Å². The third-order valence-corrected chi connectivity index (χ3v) is 4.67. The lowest BCUT2D eigenvalue weighted by atomic mass is 10.2. The number of benzene rings is 2. The number of fused-ring (bicyclic) bond motifs is 2. The van der Waals surface area contributed by atoms with E-state index in [0.717, 1.165) is 26.8 Å². The van der Waals surface area contributed by atoms with Crippen LogP contribution in [0.4, 0.5) is 0 Å². The molecule has 0 N–H and O–H groups in total. The van der Waals surface area contributed by atoms with Gasteiger partial charge in [0.25, 0.3) is 0 Å². The van der Waals surface area contributed by atoms with Crippen LogP contribution < -0.4 is 9.47 Å². The number of hydrogen-bond donors (Lipinski definition) is 0. The Hall–Kier alpha value is -1.65. The van der Waals surface area contributed by atoms with Gasteiger partial charge in [-0.05, 0) is 36.4 Å². The van der Waals surface area contributed by atoms with Gasteiger partial charge >= 0.3 is 0 Å². The Morgan fingerprint density at radius 3 is 1.74 bits per heavy atom. The molecule has 0 bridgehead atoms. The SMILES string of the molecule is COc1ccc2sc3ccc(OC)cc3c(=S)c2c1. The summed E-state index contributed by atoms with van der Waals surface area (Å²) in [6.45, 7) is 0. The van der Waals surface area contributed by atoms with E-state index in [1.807, 2.05) is 24.3 Å². The van der Waals surface area contributed by atoms with Crippen molar-refractivity contribution in [1.82, 2.24) is 0 Å². The van der Waals surface area contributed by atoms with E-state index < -0.39 is 0 Å². The molecule has 0 spiro atoms. The first-order chi connectivity index (χ1) is 9.22. The van der Waals surface area contributed by atoms with Crippen molar-refractivity contribution in [3.63, 3.8) is 0 Å². The van der Waals surface area contributed by atoms with Crippen LogP contribution in [0.5, 0.6) is 11.5 Å². The van der Waals surface area contributed by atoms with Gasteiger partial charge in [-0.1, -0.05) is 12.2 Å². The molecule has 0 atom stereocenters. The molecule has 19 heavy (non-hydrogen) atoms. The number of hydrogen-bond acceptors (Lipinski definition) is 4. The molecule has 0 unspecified atom stereocenters. The highest BCUT2D eigenvalue weighted by molar-refractivity contribution is 7.72. The maximum absolute atomic E-state index is 5.61. The van der Waals surface area contributed by atoms with Crippen molar-refractivity contribution in [3.05, 3.63) is 40.9 Å². The van der Waals surface area contributed by atoms with Gasteiger partial charge in [-0.15, -0.1) is 11.3 Å². The Morgan fingerprint density at radius 1 is 0.842 bits per heavy atom. The highest BCUT2D eigenvalue weighted by Gasteiger charge is 2.05. The number of methoxy groups -OCH3 is 2. The molecule has 1 heterocycles. The van der Waals surface area contributed by atoms with Gasteiger partial charge in [0, 0.05) is 20.2 Å². The second-order valence-electron chi connectivity index (χ2n) is 4.16. The lowest BCUT2D eigenvalue weighted by molar-refractivity contribution is 0.415. The third kappa shape index (κ3) is 2.07. The van der Waals surface area contributed by atoms with Crippen LogP contribution in [0.1, 0.15) is 0 Å². The molecule has 2 nitrogen and oxygen atoms in total. The van der Waals surface area contributed by atoms with Gasteiger partial charge in [-0.25, -0.2) is 0 Å². The van der Waals surface area contributed by atoms with Gasteiger partial charge in [0.15, 0.2) is 0 Å². The monoisotopic (exact) mass is 288 g/mol. The van der Waals surface area contributed by atoms with Gasteiger partial charge in [-0.2, -0.15) is 0 Å². The smallest absolute Gasteiger partial charge is 0.119 e. The Kier molecular flexibility index (Phi) is 3.12. The zero-order chi connectivity index (χ0) is 13.4. The molecule has 0 saturated heterocycles. The molecular weight excluding hydrogens is 276 g/mol. The minimum absolute atomic E-state index is 0.827. The van der Waals surface area contributed by atoms with Crippen molar-refractivity contribution >= 4 is 43.7 Å². The van der Waals surface area contributed by atoms with E-state index in [9.17, 15) is 0 Å². The molecule has 96 valence electrons. The van der Waals surface area contributed by atoms with Gasteiger partial charge in [0.05, 0.1) is 18.7 Å². The summed E-state index contributed by atoms with van der Waals surface area (Å²) in [6, 6.07) is 12.0. The first-order valence-electron chi connectivity index (χ1n) is 5.81. The molecule has 0 amide bonds. The van der Waals surface area contributed by atoms with Crippen molar-refractivity contribution < 1.29 is 9.47 Å². The summed E-state index contributed by atoms with van der Waals surface area (Å²) in [5.74, 6) is 1.65. The fourth-order valence-electron chi connectivity index (χ4n) is 2.07. The zero-order valence-corrected chi connectivity index (χ0v) is 12.2. The normalized spacial score (nSPS) is 10.8. The summed E-state index contributed by atoms with van der Waals surface area (Å²) in [5, 5.41) is 2.11. The van der Waals surface area contributed by atoms with E-state index in [1.54, 1.807) is 25.6 Å². The van der Waals surface area contributed by atoms with Crippen molar-refractivity contribution in [1.29, 1.82) is 0 Å². The molecule has 0 aliphatic heterocycles. The standard InChI is InChI=1S/C15H12O2S2/c1-16-9-3-5-13-11(7-9)15(18)12-8-10(17-2)4-6-14(12)19-13/h3-8H,1-2H3. The summed E-state index contributed by atoms with van der Waals surface area (Å²) in [4.78, 5) is 0. The van der Waals surface area contributed by atoms with Crippen molar-refractivity contribution in [2.75, 3.05) is 14.2 Å². The van der Waals surface area contributed by atoms with Crippen LogP contribution in [0.25, 0.3) is 20.2 Å². The lowest BCUT2D eigenvalue weighted by Crippen LogP contribution is -1.84. The van der Waals surface area contributed by atoms with E-state index in [0.29, 0.717) is 0 Å². The summed E-state index contributed by atoms with van der Waals surface area (Å²) in [7, 11) is 3.33. The lowest BCUT2D eigenvalue weighted by Gasteiger charge is -2.06. The van der Waals surface area contributed by atoms with E-state index in [1.165, 1.54) is 9.40 Å². The molecule has 0 fully saturated rings. The van der Waals surface area contributed by atoms with Crippen LogP contribution >= 0.6 is 23.6 Å². The quantitative estimate of drug-likeness (QED) is 0.498. The van der Waals surface area contributed by atoms with Gasteiger partial charge in [0.2, 0.25) is 0 Å². The maximum atomic E-state index is 5.61. The topological polar surface area (TPSA) is 18.5 Å². The van der Waals surface area contributed by atoms with Crippen LogP contribution in [0, 0.1) is 4.51 Å². The third-order valence-electron chi connectivity index (χ3n) is 3.08. The van der Waals surface area contributed by atoms with E-state index in [4.69, 9.17) is 21.7 Å². The van der Waals surface area contributed by atoms with Crippen molar-refractivity contribution in [2.45, 2.75) is 0 Å². The molecule has 3 aromatic rings. The fourth-order valence-corrected chi connectivity index (χ4v) is 3.59. The molecule has 4 heteroatoms. The van der Waals surface area contributed by atoms with E-state index in [-0.39, 0.29) is 0 Å². The highest BCUT2D eigenvalue weighted by atomic mass is 32.1. The Balaban J connectivity index is 2.43. The predicted octanol–water partition coefficient (Wildman–Crippen LogP) is 4.80. The van der Waals surface area contributed by atoms with E-state index in [2.05, 4.69) is 12.1 Å². The van der Waals surface area contributed by atoms with Crippen LogP contribution in [-0.4, -0.2) is 14.2 Å². The molecule has 0 aliphatic carbocycles.